The standard InChI is InChI=1S/C13H19NO2/c1-5-13(10(2)3,16-11(4)15)12-8-6-7-9-14-12/h6-10H,5H2,1-4H3. The molecule has 88 valence electrons. The lowest BCUT2D eigenvalue weighted by Gasteiger charge is -2.35. The molecule has 0 fully saturated rings. The van der Waals surface area contributed by atoms with Gasteiger partial charge in [0.2, 0.25) is 0 Å². The van der Waals surface area contributed by atoms with E-state index in [4.69, 9.17) is 4.74 Å². The molecule has 0 spiro atoms. The first-order chi connectivity index (χ1) is 7.53. The van der Waals surface area contributed by atoms with Gasteiger partial charge in [-0.3, -0.25) is 9.78 Å². The average Bonchev–Trinajstić information content (AvgIpc) is 2.26. The van der Waals surface area contributed by atoms with E-state index in [0.717, 1.165) is 12.1 Å². The van der Waals surface area contributed by atoms with E-state index in [-0.39, 0.29) is 11.9 Å². The summed E-state index contributed by atoms with van der Waals surface area (Å²) in [6, 6.07) is 5.68. The Morgan fingerprint density at radius 3 is 2.56 bits per heavy atom. The summed E-state index contributed by atoms with van der Waals surface area (Å²) in [6.07, 6.45) is 2.45. The summed E-state index contributed by atoms with van der Waals surface area (Å²) >= 11 is 0. The number of pyridine rings is 1. The minimum absolute atomic E-state index is 0.191. The van der Waals surface area contributed by atoms with Gasteiger partial charge in [0.15, 0.2) is 5.60 Å². The van der Waals surface area contributed by atoms with Crippen LogP contribution in [0.1, 0.15) is 39.8 Å². The number of aromatic nitrogens is 1. The number of carbonyl (C=O) groups is 1. The molecule has 0 aliphatic carbocycles. The summed E-state index contributed by atoms with van der Waals surface area (Å²) in [5.41, 5.74) is 0.218. The molecule has 0 amide bonds. The first kappa shape index (κ1) is 12.7. The van der Waals surface area contributed by atoms with Crippen molar-refractivity contribution >= 4 is 5.97 Å². The quantitative estimate of drug-likeness (QED) is 0.734. The van der Waals surface area contributed by atoms with Gasteiger partial charge in [-0.15, -0.1) is 0 Å². The predicted octanol–water partition coefficient (Wildman–Crippen LogP) is 2.91. The summed E-state index contributed by atoms with van der Waals surface area (Å²) < 4.78 is 5.53. The lowest BCUT2D eigenvalue weighted by Crippen LogP contribution is -2.37. The minimum Gasteiger partial charge on any atom is -0.452 e. The Bertz CT molecular complexity index is 348. The molecule has 0 aliphatic rings. The van der Waals surface area contributed by atoms with Gasteiger partial charge >= 0.3 is 5.97 Å². The molecule has 1 atom stereocenters. The number of nitrogens with zero attached hydrogens (tertiary/aromatic N) is 1. The fourth-order valence-electron chi connectivity index (χ4n) is 2.00. The van der Waals surface area contributed by atoms with Crippen LogP contribution in [0.15, 0.2) is 24.4 Å². The number of rotatable bonds is 4. The molecule has 1 aromatic heterocycles. The molecule has 0 aliphatic heterocycles. The molecule has 0 saturated heterocycles. The van der Waals surface area contributed by atoms with Crippen molar-refractivity contribution in [2.75, 3.05) is 0 Å². The molecule has 0 bridgehead atoms. The van der Waals surface area contributed by atoms with E-state index >= 15 is 0 Å². The first-order valence-corrected chi connectivity index (χ1v) is 5.64. The van der Waals surface area contributed by atoms with Crippen LogP contribution < -0.4 is 0 Å². The smallest absolute Gasteiger partial charge is 0.303 e. The van der Waals surface area contributed by atoms with E-state index < -0.39 is 5.60 Å². The number of hydrogen-bond acceptors (Lipinski definition) is 3. The van der Waals surface area contributed by atoms with E-state index in [1.54, 1.807) is 6.20 Å². The van der Waals surface area contributed by atoms with Crippen molar-refractivity contribution in [3.05, 3.63) is 30.1 Å². The maximum absolute atomic E-state index is 11.2. The lowest BCUT2D eigenvalue weighted by molar-refractivity contribution is -0.165. The van der Waals surface area contributed by atoms with Crippen molar-refractivity contribution < 1.29 is 9.53 Å². The fourth-order valence-corrected chi connectivity index (χ4v) is 2.00. The van der Waals surface area contributed by atoms with Crippen molar-refractivity contribution in [1.82, 2.24) is 4.98 Å². The first-order valence-electron chi connectivity index (χ1n) is 5.64. The SMILES string of the molecule is CCC(OC(C)=O)(c1ccccn1)C(C)C. The van der Waals surface area contributed by atoms with E-state index in [1.807, 2.05) is 39.0 Å². The lowest BCUT2D eigenvalue weighted by atomic mass is 9.84. The van der Waals surface area contributed by atoms with Crippen LogP contribution in [-0.4, -0.2) is 11.0 Å². The van der Waals surface area contributed by atoms with Crippen molar-refractivity contribution in [3.8, 4) is 0 Å². The van der Waals surface area contributed by atoms with Gasteiger partial charge in [-0.2, -0.15) is 0 Å². The second-order valence-electron chi connectivity index (χ2n) is 4.21. The number of carbonyl (C=O) groups excluding carboxylic acids is 1. The molecule has 3 nitrogen and oxygen atoms in total. The highest BCUT2D eigenvalue weighted by Crippen LogP contribution is 2.35. The summed E-state index contributed by atoms with van der Waals surface area (Å²) in [4.78, 5) is 15.6. The molecule has 1 unspecified atom stereocenters. The zero-order chi connectivity index (χ0) is 12.2. The predicted molar refractivity (Wildman–Crippen MR) is 62.8 cm³/mol. The second kappa shape index (κ2) is 5.10. The second-order valence-corrected chi connectivity index (χ2v) is 4.21. The number of ether oxygens (including phenoxy) is 1. The Hall–Kier alpha value is -1.38. The van der Waals surface area contributed by atoms with Gasteiger partial charge in [-0.05, 0) is 24.5 Å². The van der Waals surface area contributed by atoms with Crippen molar-refractivity contribution in [1.29, 1.82) is 0 Å². The molecular formula is C13H19NO2. The van der Waals surface area contributed by atoms with Crippen LogP contribution in [0, 0.1) is 5.92 Å². The highest BCUT2D eigenvalue weighted by molar-refractivity contribution is 5.66. The maximum atomic E-state index is 11.2. The molecule has 1 rings (SSSR count). The van der Waals surface area contributed by atoms with E-state index in [0.29, 0.717) is 0 Å². The largest absolute Gasteiger partial charge is 0.452 e. The van der Waals surface area contributed by atoms with E-state index in [2.05, 4.69) is 4.98 Å². The van der Waals surface area contributed by atoms with Crippen molar-refractivity contribution in [3.63, 3.8) is 0 Å². The fraction of sp³-hybridized carbons (Fsp3) is 0.538. The highest BCUT2D eigenvalue weighted by Gasteiger charge is 2.38. The Balaban J connectivity index is 3.17. The molecule has 16 heavy (non-hydrogen) atoms. The normalized spacial score (nSPS) is 14.6. The topological polar surface area (TPSA) is 39.2 Å². The van der Waals surface area contributed by atoms with Crippen LogP contribution in [-0.2, 0) is 15.1 Å². The van der Waals surface area contributed by atoms with Crippen LogP contribution in [0.4, 0.5) is 0 Å². The monoisotopic (exact) mass is 221 g/mol. The molecule has 0 radical (unpaired) electrons. The summed E-state index contributed by atoms with van der Waals surface area (Å²) in [5.74, 6) is -0.0718. The van der Waals surface area contributed by atoms with Crippen LogP contribution in [0.25, 0.3) is 0 Å². The summed E-state index contributed by atoms with van der Waals surface area (Å²) in [7, 11) is 0. The van der Waals surface area contributed by atoms with Crippen LogP contribution in [0.5, 0.6) is 0 Å². The molecule has 1 heterocycles. The maximum Gasteiger partial charge on any atom is 0.303 e. The minimum atomic E-state index is -0.604. The third-order valence-electron chi connectivity index (χ3n) is 2.88. The third kappa shape index (κ3) is 2.40. The van der Waals surface area contributed by atoms with Crippen LogP contribution in [0.3, 0.4) is 0 Å². The summed E-state index contributed by atoms with van der Waals surface area (Å²) in [6.45, 7) is 7.54. The Labute approximate surface area is 96.8 Å². The van der Waals surface area contributed by atoms with Gasteiger partial charge in [-0.1, -0.05) is 26.8 Å². The zero-order valence-corrected chi connectivity index (χ0v) is 10.4. The van der Waals surface area contributed by atoms with Gasteiger partial charge in [0.25, 0.3) is 0 Å². The molecule has 0 N–H and O–H groups in total. The number of esters is 1. The molecule has 0 aromatic carbocycles. The Morgan fingerprint density at radius 1 is 1.50 bits per heavy atom. The van der Waals surface area contributed by atoms with Crippen LogP contribution >= 0.6 is 0 Å². The summed E-state index contributed by atoms with van der Waals surface area (Å²) in [5, 5.41) is 0. The Morgan fingerprint density at radius 2 is 2.19 bits per heavy atom. The molecular weight excluding hydrogens is 202 g/mol. The third-order valence-corrected chi connectivity index (χ3v) is 2.88. The van der Waals surface area contributed by atoms with Gasteiger partial charge < -0.3 is 4.74 Å². The van der Waals surface area contributed by atoms with E-state index in [1.165, 1.54) is 6.92 Å². The van der Waals surface area contributed by atoms with Crippen molar-refractivity contribution in [2.24, 2.45) is 5.92 Å². The highest BCUT2D eigenvalue weighted by atomic mass is 16.6. The van der Waals surface area contributed by atoms with Gasteiger partial charge in [0.05, 0.1) is 5.69 Å². The van der Waals surface area contributed by atoms with Gasteiger partial charge in [0.1, 0.15) is 0 Å². The van der Waals surface area contributed by atoms with Gasteiger partial charge in [-0.25, -0.2) is 0 Å². The molecule has 1 aromatic rings. The molecule has 3 heteroatoms. The zero-order valence-electron chi connectivity index (χ0n) is 10.4. The van der Waals surface area contributed by atoms with E-state index in [9.17, 15) is 4.79 Å². The van der Waals surface area contributed by atoms with Crippen LogP contribution in [0.2, 0.25) is 0 Å². The average molecular weight is 221 g/mol. The Kier molecular flexibility index (Phi) is 4.05. The number of hydrogen-bond donors (Lipinski definition) is 0. The molecule has 0 saturated carbocycles. The van der Waals surface area contributed by atoms with Gasteiger partial charge in [0, 0.05) is 13.1 Å². The van der Waals surface area contributed by atoms with Crippen molar-refractivity contribution in [2.45, 2.75) is 39.7 Å².